The number of benzene rings is 9. The zero-order chi connectivity index (χ0) is 41.9. The summed E-state index contributed by atoms with van der Waals surface area (Å²) in [6.45, 7) is 4.74. The maximum absolute atomic E-state index is 2.49. The van der Waals surface area contributed by atoms with E-state index in [1.165, 1.54) is 99.8 Å². The first-order valence-corrected chi connectivity index (χ1v) is 22.5. The Kier molecular flexibility index (Phi) is 7.76. The van der Waals surface area contributed by atoms with Crippen LogP contribution >= 0.6 is 0 Å². The van der Waals surface area contributed by atoms with Gasteiger partial charge in [-0.15, -0.1) is 0 Å². The number of nitrogens with zero attached hydrogens (tertiary/aromatic N) is 1. The van der Waals surface area contributed by atoms with Crippen molar-refractivity contribution in [3.05, 3.63) is 251 Å². The first-order valence-electron chi connectivity index (χ1n) is 22.5. The van der Waals surface area contributed by atoms with E-state index < -0.39 is 0 Å². The molecule has 13 rings (SSSR count). The standard InChI is InChI=1S/C62H45N/c1-61(2)53-24-12-8-20-47(53)51-35-34-45(39-58(51)61)63(59-37-31-41-16-6-7-19-46(41)60(59)42-17-4-3-5-18-42)44-32-28-40(29-33-44)43-30-36-57-52(38-43)50-23-11-15-27-56(50)62(57)54-25-13-9-21-48(54)49-22-10-14-26-55(49)62/h3-10,12-22,24-39H,11,23H2,1-2H3. The molecule has 0 saturated heterocycles. The molecule has 0 amide bonds. The van der Waals surface area contributed by atoms with Crippen LogP contribution in [-0.4, -0.2) is 0 Å². The lowest BCUT2D eigenvalue weighted by molar-refractivity contribution is 0.660. The van der Waals surface area contributed by atoms with E-state index >= 15 is 0 Å². The summed E-state index contributed by atoms with van der Waals surface area (Å²) in [6.07, 6.45) is 6.95. The molecule has 0 saturated carbocycles. The summed E-state index contributed by atoms with van der Waals surface area (Å²) in [7, 11) is 0. The number of anilines is 3. The van der Waals surface area contributed by atoms with E-state index in [0.717, 1.165) is 29.9 Å². The highest BCUT2D eigenvalue weighted by molar-refractivity contribution is 6.06. The largest absolute Gasteiger partial charge is 0.310 e. The minimum absolute atomic E-state index is 0.124. The lowest BCUT2D eigenvalue weighted by Gasteiger charge is -2.32. The molecule has 9 aromatic carbocycles. The third kappa shape index (κ3) is 5.05. The minimum Gasteiger partial charge on any atom is -0.310 e. The van der Waals surface area contributed by atoms with Crippen LogP contribution in [0.25, 0.3) is 60.9 Å². The van der Waals surface area contributed by atoms with Gasteiger partial charge in [-0.2, -0.15) is 0 Å². The molecule has 9 aromatic rings. The van der Waals surface area contributed by atoms with Gasteiger partial charge in [0.2, 0.25) is 0 Å². The summed E-state index contributed by atoms with van der Waals surface area (Å²) in [6, 6.07) is 75.2. The van der Waals surface area contributed by atoms with Gasteiger partial charge in [-0.25, -0.2) is 0 Å². The Morgan fingerprint density at radius 3 is 1.79 bits per heavy atom. The number of rotatable bonds is 5. The van der Waals surface area contributed by atoms with Gasteiger partial charge in [0.25, 0.3) is 0 Å². The van der Waals surface area contributed by atoms with Crippen molar-refractivity contribution in [2.45, 2.75) is 37.5 Å². The van der Waals surface area contributed by atoms with Gasteiger partial charge in [0.15, 0.2) is 0 Å². The minimum atomic E-state index is -0.292. The fourth-order valence-electron chi connectivity index (χ4n) is 12.0. The van der Waals surface area contributed by atoms with E-state index in [0.29, 0.717) is 0 Å². The van der Waals surface area contributed by atoms with Crippen LogP contribution in [0.4, 0.5) is 17.1 Å². The molecule has 0 atom stereocenters. The fourth-order valence-corrected chi connectivity index (χ4v) is 12.0. The van der Waals surface area contributed by atoms with Crippen molar-refractivity contribution in [2.24, 2.45) is 0 Å². The second-order valence-electron chi connectivity index (χ2n) is 18.3. The predicted octanol–water partition coefficient (Wildman–Crippen LogP) is 16.4. The number of fused-ring (bicyclic) bond motifs is 13. The molecule has 0 unspecified atom stereocenters. The van der Waals surface area contributed by atoms with Crippen molar-refractivity contribution in [3.8, 4) is 44.5 Å². The molecule has 0 fully saturated rings. The van der Waals surface area contributed by atoms with Gasteiger partial charge in [-0.1, -0.05) is 190 Å². The second-order valence-corrected chi connectivity index (χ2v) is 18.3. The molecular formula is C62H45N. The van der Waals surface area contributed by atoms with Crippen LogP contribution in [0.15, 0.2) is 218 Å². The molecule has 63 heavy (non-hydrogen) atoms. The molecule has 0 aliphatic heterocycles. The molecule has 298 valence electrons. The number of hydrogen-bond donors (Lipinski definition) is 0. The average Bonchev–Trinajstić information content (AvgIpc) is 3.90. The van der Waals surface area contributed by atoms with Crippen LogP contribution < -0.4 is 4.90 Å². The Labute approximate surface area is 370 Å². The van der Waals surface area contributed by atoms with Crippen LogP contribution in [-0.2, 0) is 10.8 Å². The smallest absolute Gasteiger partial charge is 0.0722 e. The third-order valence-corrected chi connectivity index (χ3v) is 14.8. The zero-order valence-corrected chi connectivity index (χ0v) is 35.6. The highest BCUT2D eigenvalue weighted by atomic mass is 15.1. The second kappa shape index (κ2) is 13.5. The SMILES string of the molecule is CC1(C)c2ccccc2-c2ccc(N(c3ccc(-c4ccc5c(c4)C4=C(C=CCC4)C54c5ccccc5-c5ccccc54)cc3)c3ccc4ccccc4c3-c3ccccc3)cc21. The van der Waals surface area contributed by atoms with E-state index in [1.54, 1.807) is 0 Å². The van der Waals surface area contributed by atoms with Gasteiger partial charge in [0.05, 0.1) is 11.1 Å². The quantitative estimate of drug-likeness (QED) is 0.168. The van der Waals surface area contributed by atoms with Crippen molar-refractivity contribution < 1.29 is 0 Å². The van der Waals surface area contributed by atoms with Crippen molar-refractivity contribution in [2.75, 3.05) is 4.90 Å². The fraction of sp³-hybridized carbons (Fsp3) is 0.0968. The van der Waals surface area contributed by atoms with E-state index in [1.807, 2.05) is 0 Å². The van der Waals surface area contributed by atoms with Crippen molar-refractivity contribution in [1.82, 2.24) is 0 Å². The molecule has 4 aliphatic rings. The summed E-state index contributed by atoms with van der Waals surface area (Å²) < 4.78 is 0. The maximum atomic E-state index is 2.49. The van der Waals surface area contributed by atoms with Crippen LogP contribution in [0.2, 0.25) is 0 Å². The third-order valence-electron chi connectivity index (χ3n) is 14.8. The van der Waals surface area contributed by atoms with Crippen LogP contribution in [0.1, 0.15) is 60.1 Å². The van der Waals surface area contributed by atoms with E-state index in [2.05, 4.69) is 231 Å². The molecule has 1 nitrogen and oxygen atoms in total. The average molecular weight is 804 g/mol. The summed E-state index contributed by atoms with van der Waals surface area (Å²) in [5, 5.41) is 2.47. The van der Waals surface area contributed by atoms with Crippen molar-refractivity contribution >= 4 is 33.4 Å². The number of allylic oxidation sites excluding steroid dienone is 4. The number of hydrogen-bond acceptors (Lipinski definition) is 1. The molecular weight excluding hydrogens is 759 g/mol. The van der Waals surface area contributed by atoms with Gasteiger partial charge in [0.1, 0.15) is 0 Å². The molecule has 0 bridgehead atoms. The molecule has 4 aliphatic carbocycles. The Balaban J connectivity index is 0.973. The van der Waals surface area contributed by atoms with Gasteiger partial charge in [0, 0.05) is 22.4 Å². The highest BCUT2D eigenvalue weighted by Crippen LogP contribution is 2.63. The van der Waals surface area contributed by atoms with Crippen LogP contribution in [0, 0.1) is 0 Å². The first-order chi connectivity index (χ1) is 31.0. The van der Waals surface area contributed by atoms with E-state index in [-0.39, 0.29) is 10.8 Å². The summed E-state index contributed by atoms with van der Waals surface area (Å²) in [4.78, 5) is 2.49. The monoisotopic (exact) mass is 803 g/mol. The Morgan fingerprint density at radius 1 is 0.429 bits per heavy atom. The normalized spacial score (nSPS) is 15.5. The van der Waals surface area contributed by atoms with E-state index in [9.17, 15) is 0 Å². The first kappa shape index (κ1) is 36.2. The van der Waals surface area contributed by atoms with Crippen molar-refractivity contribution in [3.63, 3.8) is 0 Å². The predicted molar refractivity (Wildman–Crippen MR) is 264 cm³/mol. The Hall–Kier alpha value is -7.48. The molecule has 1 spiro atoms. The van der Waals surface area contributed by atoms with Crippen molar-refractivity contribution in [1.29, 1.82) is 0 Å². The zero-order valence-electron chi connectivity index (χ0n) is 35.6. The van der Waals surface area contributed by atoms with Crippen LogP contribution in [0.3, 0.4) is 0 Å². The molecule has 1 heteroatoms. The van der Waals surface area contributed by atoms with Gasteiger partial charge >= 0.3 is 0 Å². The van der Waals surface area contributed by atoms with Gasteiger partial charge < -0.3 is 4.90 Å². The molecule has 0 heterocycles. The van der Waals surface area contributed by atoms with E-state index in [4.69, 9.17) is 0 Å². The summed E-state index contributed by atoms with van der Waals surface area (Å²) in [5.41, 5.74) is 24.6. The van der Waals surface area contributed by atoms with Gasteiger partial charge in [-0.05, 0) is 143 Å². The summed E-state index contributed by atoms with van der Waals surface area (Å²) >= 11 is 0. The van der Waals surface area contributed by atoms with Crippen LogP contribution in [0.5, 0.6) is 0 Å². The highest BCUT2D eigenvalue weighted by Gasteiger charge is 2.52. The summed E-state index contributed by atoms with van der Waals surface area (Å²) in [5.74, 6) is 0. The topological polar surface area (TPSA) is 3.24 Å². The Bertz CT molecular complexity index is 3370. The molecule has 0 N–H and O–H groups in total. The lowest BCUT2D eigenvalue weighted by Crippen LogP contribution is -2.27. The molecule has 0 aromatic heterocycles. The lowest BCUT2D eigenvalue weighted by atomic mass is 9.69. The van der Waals surface area contributed by atoms with Gasteiger partial charge in [-0.3, -0.25) is 0 Å². The maximum Gasteiger partial charge on any atom is 0.0722 e. The molecule has 0 radical (unpaired) electrons. The Morgan fingerprint density at radius 2 is 1.03 bits per heavy atom.